The summed E-state index contributed by atoms with van der Waals surface area (Å²) < 4.78 is 33.2. The third kappa shape index (κ3) is 3.72. The highest BCUT2D eigenvalue weighted by Gasteiger charge is 2.24. The van der Waals surface area contributed by atoms with Gasteiger partial charge >= 0.3 is 0 Å². The maximum Gasteiger partial charge on any atom is 0.271 e. The number of nitrogens with zero attached hydrogens (tertiary/aromatic N) is 3. The van der Waals surface area contributed by atoms with Crippen molar-refractivity contribution in [1.29, 1.82) is 5.26 Å². The minimum atomic E-state index is -3.73. The van der Waals surface area contributed by atoms with E-state index in [0.29, 0.717) is 34.4 Å². The van der Waals surface area contributed by atoms with Gasteiger partial charge in [0.25, 0.3) is 10.0 Å². The molecule has 0 radical (unpaired) electrons. The van der Waals surface area contributed by atoms with Crippen molar-refractivity contribution < 1.29 is 12.9 Å². The molecule has 2 aromatic heterocycles. The number of aromatic nitrogens is 2. The minimum Gasteiger partial charge on any atom is -0.339 e. The molecule has 7 nitrogen and oxygen atoms in total. The van der Waals surface area contributed by atoms with Crippen molar-refractivity contribution in [2.24, 2.45) is 0 Å². The van der Waals surface area contributed by atoms with Gasteiger partial charge in [-0.3, -0.25) is 4.72 Å². The summed E-state index contributed by atoms with van der Waals surface area (Å²) in [4.78, 5) is 4.44. The number of anilines is 1. The highest BCUT2D eigenvalue weighted by Crippen LogP contribution is 2.35. The first-order valence-electron chi connectivity index (χ1n) is 8.51. The van der Waals surface area contributed by atoms with Gasteiger partial charge in [0, 0.05) is 22.5 Å². The molecule has 0 aliphatic heterocycles. The molecule has 0 saturated heterocycles. The van der Waals surface area contributed by atoms with E-state index in [4.69, 9.17) is 9.78 Å². The van der Waals surface area contributed by atoms with Crippen molar-refractivity contribution in [2.75, 3.05) is 4.72 Å². The van der Waals surface area contributed by atoms with Gasteiger partial charge in [0.15, 0.2) is 0 Å². The van der Waals surface area contributed by atoms with Gasteiger partial charge in [-0.15, -0.1) is 11.3 Å². The zero-order valence-electron chi connectivity index (χ0n) is 14.3. The van der Waals surface area contributed by atoms with E-state index in [1.807, 2.05) is 6.07 Å². The van der Waals surface area contributed by atoms with E-state index in [1.165, 1.54) is 12.8 Å². The number of nitrogens with one attached hydrogen (secondary N) is 1. The second kappa shape index (κ2) is 7.13. The fourth-order valence-electron chi connectivity index (χ4n) is 3.08. The number of hydrogen-bond donors (Lipinski definition) is 1. The molecule has 1 aromatic carbocycles. The van der Waals surface area contributed by atoms with E-state index in [2.05, 4.69) is 14.9 Å². The monoisotopic (exact) mass is 400 g/mol. The summed E-state index contributed by atoms with van der Waals surface area (Å²) in [6.45, 7) is 0. The lowest BCUT2D eigenvalue weighted by molar-refractivity contribution is 0.354. The Morgan fingerprint density at radius 3 is 2.67 bits per heavy atom. The molecule has 4 rings (SSSR count). The van der Waals surface area contributed by atoms with Crippen LogP contribution in [0, 0.1) is 11.3 Å². The second-order valence-corrected chi connectivity index (χ2v) is 9.21. The van der Waals surface area contributed by atoms with Crippen LogP contribution in [0.15, 0.2) is 44.4 Å². The first-order chi connectivity index (χ1) is 13.0. The van der Waals surface area contributed by atoms with Crippen LogP contribution in [0.25, 0.3) is 11.4 Å². The second-order valence-electron chi connectivity index (χ2n) is 6.39. The lowest BCUT2D eigenvalue weighted by Crippen LogP contribution is -2.11. The molecule has 27 heavy (non-hydrogen) atoms. The van der Waals surface area contributed by atoms with E-state index in [9.17, 15) is 8.42 Å². The predicted octanol–water partition coefficient (Wildman–Crippen LogP) is 4.13. The van der Waals surface area contributed by atoms with Gasteiger partial charge < -0.3 is 4.52 Å². The Hall–Kier alpha value is -2.70. The van der Waals surface area contributed by atoms with E-state index in [0.717, 1.165) is 24.2 Å². The summed E-state index contributed by atoms with van der Waals surface area (Å²) in [6, 6.07) is 9.76. The first kappa shape index (κ1) is 17.7. The van der Waals surface area contributed by atoms with Crippen LogP contribution in [-0.4, -0.2) is 18.6 Å². The van der Waals surface area contributed by atoms with Crippen molar-refractivity contribution in [3.8, 4) is 17.5 Å². The average molecular weight is 400 g/mol. The summed E-state index contributed by atoms with van der Waals surface area (Å²) in [5.41, 5.74) is 1.48. The van der Waals surface area contributed by atoms with Crippen LogP contribution in [0.5, 0.6) is 0 Å². The van der Waals surface area contributed by atoms with Crippen molar-refractivity contribution in [2.45, 2.75) is 35.8 Å². The Kier molecular flexibility index (Phi) is 4.68. The lowest BCUT2D eigenvalue weighted by atomic mass is 10.1. The molecule has 1 saturated carbocycles. The molecule has 0 amide bonds. The Balaban J connectivity index is 1.53. The zero-order valence-corrected chi connectivity index (χ0v) is 15.9. The summed E-state index contributed by atoms with van der Waals surface area (Å²) >= 11 is 1.10. The molecule has 3 aromatic rings. The van der Waals surface area contributed by atoms with Gasteiger partial charge in [-0.1, -0.05) is 18.0 Å². The number of hydrogen-bond acceptors (Lipinski definition) is 7. The Labute approximate surface area is 160 Å². The molecule has 1 aliphatic carbocycles. The van der Waals surface area contributed by atoms with Crippen molar-refractivity contribution in [1.82, 2.24) is 10.1 Å². The van der Waals surface area contributed by atoms with E-state index >= 15 is 0 Å². The van der Waals surface area contributed by atoms with Crippen molar-refractivity contribution in [3.05, 3.63) is 47.2 Å². The molecule has 1 fully saturated rings. The van der Waals surface area contributed by atoms with E-state index in [1.54, 1.807) is 35.7 Å². The van der Waals surface area contributed by atoms with Gasteiger partial charge in [-0.05, 0) is 43.2 Å². The minimum absolute atomic E-state index is 0.161. The highest BCUT2D eigenvalue weighted by molar-refractivity contribution is 7.94. The normalized spacial score (nSPS) is 14.9. The van der Waals surface area contributed by atoms with Gasteiger partial charge in [0.1, 0.15) is 4.21 Å². The molecule has 0 spiro atoms. The molecule has 1 aliphatic rings. The lowest BCUT2D eigenvalue weighted by Gasteiger charge is -2.05. The van der Waals surface area contributed by atoms with Crippen LogP contribution >= 0.6 is 11.3 Å². The van der Waals surface area contributed by atoms with Crippen LogP contribution in [-0.2, 0) is 10.0 Å². The quantitative estimate of drug-likeness (QED) is 0.690. The number of sulfonamides is 1. The third-order valence-electron chi connectivity index (χ3n) is 4.51. The van der Waals surface area contributed by atoms with Gasteiger partial charge in [-0.25, -0.2) is 8.42 Å². The molecular weight excluding hydrogens is 384 g/mol. The average Bonchev–Trinajstić information content (AvgIpc) is 3.42. The first-order valence-corrected chi connectivity index (χ1v) is 10.9. The van der Waals surface area contributed by atoms with Crippen LogP contribution in [0.4, 0.5) is 5.69 Å². The van der Waals surface area contributed by atoms with Crippen molar-refractivity contribution in [3.63, 3.8) is 0 Å². The molecule has 0 unspecified atom stereocenters. The SMILES string of the molecule is N#Cc1ccc(NS(=O)(=O)c2cc(-c3noc(C4CCCC4)n3)cs2)cc1. The number of benzene rings is 1. The van der Waals surface area contributed by atoms with E-state index < -0.39 is 10.0 Å². The van der Waals surface area contributed by atoms with Crippen LogP contribution in [0.2, 0.25) is 0 Å². The number of rotatable bonds is 5. The standard InChI is InChI=1S/C18H16N4O3S2/c19-10-12-5-7-15(8-6-12)22-27(23,24)16-9-14(11-26-16)17-20-18(25-21-17)13-3-1-2-4-13/h5-9,11,13,22H,1-4H2. The third-order valence-corrected chi connectivity index (χ3v) is 7.33. The molecule has 0 atom stereocenters. The Morgan fingerprint density at radius 1 is 1.22 bits per heavy atom. The fourth-order valence-corrected chi connectivity index (χ4v) is 5.30. The molecule has 138 valence electrons. The Bertz CT molecular complexity index is 1090. The molecule has 9 heteroatoms. The maximum atomic E-state index is 12.6. The highest BCUT2D eigenvalue weighted by atomic mass is 32.2. The smallest absolute Gasteiger partial charge is 0.271 e. The van der Waals surface area contributed by atoms with Crippen LogP contribution in [0.3, 0.4) is 0 Å². The summed E-state index contributed by atoms with van der Waals surface area (Å²) in [7, 11) is -3.73. The zero-order chi connectivity index (χ0) is 18.9. The van der Waals surface area contributed by atoms with Gasteiger partial charge in [-0.2, -0.15) is 10.2 Å². The maximum absolute atomic E-state index is 12.6. The van der Waals surface area contributed by atoms with Gasteiger partial charge in [0.2, 0.25) is 11.7 Å². The molecule has 1 N–H and O–H groups in total. The predicted molar refractivity (Wildman–Crippen MR) is 101 cm³/mol. The van der Waals surface area contributed by atoms with E-state index in [-0.39, 0.29) is 4.21 Å². The number of thiophene rings is 1. The van der Waals surface area contributed by atoms with Crippen LogP contribution < -0.4 is 4.72 Å². The Morgan fingerprint density at radius 2 is 1.96 bits per heavy atom. The summed E-state index contributed by atoms with van der Waals surface area (Å²) in [5, 5.41) is 14.5. The van der Waals surface area contributed by atoms with Crippen molar-refractivity contribution >= 4 is 27.0 Å². The molecule has 2 heterocycles. The summed E-state index contributed by atoms with van der Waals surface area (Å²) in [6.07, 6.45) is 4.45. The fraction of sp³-hybridized carbons (Fsp3) is 0.278. The molecular formula is C18H16N4O3S2. The number of nitriles is 1. The topological polar surface area (TPSA) is 109 Å². The van der Waals surface area contributed by atoms with Gasteiger partial charge in [0.05, 0.1) is 11.6 Å². The largest absolute Gasteiger partial charge is 0.339 e. The summed E-state index contributed by atoms with van der Waals surface area (Å²) in [5.74, 6) is 1.35. The molecule has 0 bridgehead atoms. The van der Waals surface area contributed by atoms with Crippen LogP contribution in [0.1, 0.15) is 43.1 Å².